The summed E-state index contributed by atoms with van der Waals surface area (Å²) >= 11 is 0. The number of fused-ring (bicyclic) bond motifs is 3. The monoisotopic (exact) mass is 375 g/mol. The average Bonchev–Trinajstić information content (AvgIpc) is 2.94. The maximum atomic E-state index is 13.2. The molecule has 27 heavy (non-hydrogen) atoms. The van der Waals surface area contributed by atoms with Crippen molar-refractivity contribution in [2.75, 3.05) is 13.6 Å². The topological polar surface area (TPSA) is 41.3 Å². The number of nitrogens with zero attached hydrogens (tertiary/aromatic N) is 3. The van der Waals surface area contributed by atoms with Crippen molar-refractivity contribution in [1.82, 2.24) is 14.5 Å². The molecule has 0 fully saturated rings. The molecule has 0 radical (unpaired) electrons. The summed E-state index contributed by atoms with van der Waals surface area (Å²) in [5.41, 5.74) is 2.55. The zero-order chi connectivity index (χ0) is 19.2. The Hall–Kier alpha value is -2.38. The third-order valence-corrected chi connectivity index (χ3v) is 5.20. The molecular formula is C20H20F3N3O. The number of pyridine rings is 1. The van der Waals surface area contributed by atoms with E-state index in [4.69, 9.17) is 0 Å². The quantitative estimate of drug-likeness (QED) is 0.758. The SMILES string of the molecule is CN1CCc2c(c3ccc(C(F)(F)F)cc3n2CC(O)c2cccnc2)C1. The van der Waals surface area contributed by atoms with Gasteiger partial charge in [-0.3, -0.25) is 4.98 Å². The Morgan fingerprint density at radius 3 is 2.78 bits per heavy atom. The van der Waals surface area contributed by atoms with Crippen molar-refractivity contribution in [3.8, 4) is 0 Å². The van der Waals surface area contributed by atoms with E-state index in [2.05, 4.69) is 9.88 Å². The highest BCUT2D eigenvalue weighted by atomic mass is 19.4. The third-order valence-electron chi connectivity index (χ3n) is 5.20. The highest BCUT2D eigenvalue weighted by Gasteiger charge is 2.32. The van der Waals surface area contributed by atoms with Gasteiger partial charge in [-0.2, -0.15) is 13.2 Å². The van der Waals surface area contributed by atoms with Gasteiger partial charge in [-0.15, -0.1) is 0 Å². The average molecular weight is 375 g/mol. The summed E-state index contributed by atoms with van der Waals surface area (Å²) in [5.74, 6) is 0. The molecule has 1 aliphatic rings. The van der Waals surface area contributed by atoms with Crippen LogP contribution in [0.25, 0.3) is 10.9 Å². The largest absolute Gasteiger partial charge is 0.416 e. The van der Waals surface area contributed by atoms with E-state index in [1.807, 2.05) is 11.6 Å². The van der Waals surface area contributed by atoms with E-state index in [9.17, 15) is 18.3 Å². The lowest BCUT2D eigenvalue weighted by atomic mass is 10.0. The highest BCUT2D eigenvalue weighted by Crippen LogP contribution is 2.36. The molecule has 0 amide bonds. The number of benzene rings is 1. The summed E-state index contributed by atoms with van der Waals surface area (Å²) in [6.45, 7) is 1.72. The summed E-state index contributed by atoms with van der Waals surface area (Å²) in [4.78, 5) is 6.17. The van der Waals surface area contributed by atoms with Gasteiger partial charge in [-0.05, 0) is 30.8 Å². The molecule has 142 valence electrons. The second-order valence-corrected chi connectivity index (χ2v) is 7.06. The molecule has 4 nitrogen and oxygen atoms in total. The van der Waals surface area contributed by atoms with Crippen LogP contribution in [0.3, 0.4) is 0 Å². The van der Waals surface area contributed by atoms with Crippen LogP contribution in [0.1, 0.15) is 28.5 Å². The third kappa shape index (κ3) is 3.33. The number of hydrogen-bond acceptors (Lipinski definition) is 3. The Morgan fingerprint density at radius 1 is 1.26 bits per heavy atom. The maximum Gasteiger partial charge on any atom is 0.416 e. The second kappa shape index (κ2) is 6.65. The Kier molecular flexibility index (Phi) is 4.44. The molecule has 7 heteroatoms. The number of aliphatic hydroxyl groups excluding tert-OH is 1. The summed E-state index contributed by atoms with van der Waals surface area (Å²) in [7, 11) is 2.00. The van der Waals surface area contributed by atoms with E-state index >= 15 is 0 Å². The van der Waals surface area contributed by atoms with E-state index in [1.54, 1.807) is 30.6 Å². The smallest absolute Gasteiger partial charge is 0.386 e. The number of aromatic nitrogens is 2. The van der Waals surface area contributed by atoms with Gasteiger partial charge in [0.15, 0.2) is 0 Å². The molecule has 3 heterocycles. The van der Waals surface area contributed by atoms with Crippen LogP contribution in [0.2, 0.25) is 0 Å². The van der Waals surface area contributed by atoms with E-state index < -0.39 is 17.8 Å². The summed E-state index contributed by atoms with van der Waals surface area (Å²) in [6, 6.07) is 7.40. The molecule has 0 spiro atoms. The normalized spacial score (nSPS) is 16.5. The molecule has 1 N–H and O–H groups in total. The lowest BCUT2D eigenvalue weighted by Crippen LogP contribution is -2.27. The minimum absolute atomic E-state index is 0.197. The van der Waals surface area contributed by atoms with E-state index in [0.29, 0.717) is 17.6 Å². The van der Waals surface area contributed by atoms with Crippen molar-refractivity contribution in [3.63, 3.8) is 0 Å². The number of halogens is 3. The zero-order valence-corrected chi connectivity index (χ0v) is 14.9. The Morgan fingerprint density at radius 2 is 2.07 bits per heavy atom. The number of hydrogen-bond donors (Lipinski definition) is 1. The van der Waals surface area contributed by atoms with Crippen LogP contribution in [-0.4, -0.2) is 33.1 Å². The molecule has 2 aromatic heterocycles. The first kappa shape index (κ1) is 18.0. The van der Waals surface area contributed by atoms with Gasteiger partial charge < -0.3 is 14.6 Å². The van der Waals surface area contributed by atoms with Crippen LogP contribution < -0.4 is 0 Å². The fraction of sp³-hybridized carbons (Fsp3) is 0.350. The van der Waals surface area contributed by atoms with E-state index in [-0.39, 0.29) is 6.54 Å². The lowest BCUT2D eigenvalue weighted by molar-refractivity contribution is -0.137. The predicted molar refractivity (Wildman–Crippen MR) is 96.2 cm³/mol. The summed E-state index contributed by atoms with van der Waals surface area (Å²) < 4.78 is 41.6. The molecule has 4 rings (SSSR count). The second-order valence-electron chi connectivity index (χ2n) is 7.06. The van der Waals surface area contributed by atoms with Crippen molar-refractivity contribution in [3.05, 3.63) is 65.1 Å². The van der Waals surface area contributed by atoms with Crippen LogP contribution in [0, 0.1) is 0 Å². The van der Waals surface area contributed by atoms with Gasteiger partial charge >= 0.3 is 6.18 Å². The lowest BCUT2D eigenvalue weighted by Gasteiger charge is -2.25. The Labute approximate surface area is 154 Å². The zero-order valence-electron chi connectivity index (χ0n) is 14.9. The molecule has 1 aromatic carbocycles. The van der Waals surface area contributed by atoms with Gasteiger partial charge in [0.25, 0.3) is 0 Å². The number of likely N-dealkylation sites (N-methyl/N-ethyl adjacent to an activating group) is 1. The number of rotatable bonds is 3. The van der Waals surface area contributed by atoms with Gasteiger partial charge in [-0.25, -0.2) is 0 Å². The van der Waals surface area contributed by atoms with Crippen molar-refractivity contribution >= 4 is 10.9 Å². The van der Waals surface area contributed by atoms with Crippen LogP contribution in [0.5, 0.6) is 0 Å². The van der Waals surface area contributed by atoms with Gasteiger partial charge in [0, 0.05) is 54.1 Å². The van der Waals surface area contributed by atoms with Crippen molar-refractivity contribution < 1.29 is 18.3 Å². The van der Waals surface area contributed by atoms with Crippen molar-refractivity contribution in [2.45, 2.75) is 31.8 Å². The summed E-state index contributed by atoms with van der Waals surface area (Å²) in [6.07, 6.45) is -1.30. The van der Waals surface area contributed by atoms with E-state index in [1.165, 1.54) is 6.07 Å². The Balaban J connectivity index is 1.84. The Bertz CT molecular complexity index is 966. The first-order chi connectivity index (χ1) is 12.8. The van der Waals surface area contributed by atoms with Crippen LogP contribution in [-0.2, 0) is 25.7 Å². The fourth-order valence-electron chi connectivity index (χ4n) is 3.82. The highest BCUT2D eigenvalue weighted by molar-refractivity contribution is 5.86. The van der Waals surface area contributed by atoms with Gasteiger partial charge in [-0.1, -0.05) is 12.1 Å². The first-order valence-corrected chi connectivity index (χ1v) is 8.82. The maximum absolute atomic E-state index is 13.2. The van der Waals surface area contributed by atoms with Gasteiger partial charge in [0.05, 0.1) is 18.2 Å². The molecule has 0 aliphatic carbocycles. The first-order valence-electron chi connectivity index (χ1n) is 8.82. The number of alkyl halides is 3. The van der Waals surface area contributed by atoms with E-state index in [0.717, 1.165) is 35.7 Å². The molecule has 0 bridgehead atoms. The van der Waals surface area contributed by atoms with Crippen LogP contribution >= 0.6 is 0 Å². The standard InChI is InChI=1S/C20H20F3N3O/c1-25-8-6-17-16(11-25)15-5-4-14(20(21,22)23)9-18(15)26(17)12-19(27)13-3-2-7-24-10-13/h2-5,7,9-10,19,27H,6,8,11-12H2,1H3. The minimum atomic E-state index is -4.40. The minimum Gasteiger partial charge on any atom is -0.386 e. The molecule has 0 saturated carbocycles. The molecule has 1 atom stereocenters. The molecule has 3 aromatic rings. The molecule has 0 saturated heterocycles. The number of aliphatic hydroxyl groups is 1. The van der Waals surface area contributed by atoms with Gasteiger partial charge in [0.2, 0.25) is 0 Å². The fourth-order valence-corrected chi connectivity index (χ4v) is 3.82. The molecular weight excluding hydrogens is 355 g/mol. The molecule has 1 aliphatic heterocycles. The van der Waals surface area contributed by atoms with Crippen LogP contribution in [0.4, 0.5) is 13.2 Å². The predicted octanol–water partition coefficient (Wildman–Crippen LogP) is 3.78. The van der Waals surface area contributed by atoms with Crippen molar-refractivity contribution in [1.29, 1.82) is 0 Å². The summed E-state index contributed by atoms with van der Waals surface area (Å²) in [5, 5.41) is 11.5. The van der Waals surface area contributed by atoms with Crippen molar-refractivity contribution in [2.24, 2.45) is 0 Å². The molecule has 1 unspecified atom stereocenters. The van der Waals surface area contributed by atoms with Gasteiger partial charge in [0.1, 0.15) is 0 Å². The van der Waals surface area contributed by atoms with Crippen LogP contribution in [0.15, 0.2) is 42.7 Å².